The van der Waals surface area contributed by atoms with Gasteiger partial charge >= 0.3 is 12.4 Å². The first-order valence-corrected chi connectivity index (χ1v) is 12.3. The van der Waals surface area contributed by atoms with Crippen LogP contribution in [0.2, 0.25) is 0 Å². The number of benzene rings is 2. The Morgan fingerprint density at radius 3 is 2.05 bits per heavy atom. The van der Waals surface area contributed by atoms with Crippen LogP contribution in [0, 0.1) is 5.82 Å². The molecule has 2 aromatic carbocycles. The van der Waals surface area contributed by atoms with Crippen LogP contribution in [0.4, 0.5) is 30.7 Å². The van der Waals surface area contributed by atoms with Crippen molar-refractivity contribution in [1.82, 2.24) is 9.80 Å². The second kappa shape index (κ2) is 11.9. The van der Waals surface area contributed by atoms with E-state index in [0.29, 0.717) is 50.5 Å². The van der Waals surface area contributed by atoms with Gasteiger partial charge in [0.1, 0.15) is 5.82 Å². The lowest BCUT2D eigenvalue weighted by atomic mass is 10.0. The maximum atomic E-state index is 13.7. The Morgan fingerprint density at radius 2 is 1.47 bits per heavy atom. The summed E-state index contributed by atoms with van der Waals surface area (Å²) in [5.41, 5.74) is -2.45. The normalized spacial score (nSPS) is 22.9. The molecule has 3 atom stereocenters. The fourth-order valence-corrected chi connectivity index (χ4v) is 4.67. The number of alkyl halides is 6. The molecule has 2 aliphatic rings. The largest absolute Gasteiger partial charge is 0.416 e. The third kappa shape index (κ3) is 7.23. The van der Waals surface area contributed by atoms with Crippen molar-refractivity contribution in [3.05, 3.63) is 70.5 Å². The molecule has 2 heterocycles. The second-order valence-electron chi connectivity index (χ2n) is 9.34. The SMILES string of the molecule is C[C@@H](OC1OCCN(CCN2CCOCC2)C1c1ccc(F)cc1)c1cc(C(F)(F)F)cc(C(F)(F)F)c1. The molecule has 0 spiro atoms. The van der Waals surface area contributed by atoms with Gasteiger partial charge in [0.25, 0.3) is 0 Å². The van der Waals surface area contributed by atoms with E-state index in [1.54, 1.807) is 12.1 Å². The summed E-state index contributed by atoms with van der Waals surface area (Å²) in [4.78, 5) is 4.32. The zero-order valence-corrected chi connectivity index (χ0v) is 20.7. The van der Waals surface area contributed by atoms with E-state index in [2.05, 4.69) is 9.80 Å². The number of hydrogen-bond acceptors (Lipinski definition) is 5. The summed E-state index contributed by atoms with van der Waals surface area (Å²) in [7, 11) is 0. The van der Waals surface area contributed by atoms with Crippen LogP contribution in [0.15, 0.2) is 42.5 Å². The van der Waals surface area contributed by atoms with E-state index in [9.17, 15) is 30.7 Å². The molecule has 12 heteroatoms. The first-order chi connectivity index (χ1) is 17.9. The van der Waals surface area contributed by atoms with E-state index in [1.165, 1.54) is 19.1 Å². The smallest absolute Gasteiger partial charge is 0.379 e. The van der Waals surface area contributed by atoms with Crippen LogP contribution in [0.25, 0.3) is 0 Å². The predicted molar refractivity (Wildman–Crippen MR) is 124 cm³/mol. The molecule has 4 rings (SSSR count). The summed E-state index contributed by atoms with van der Waals surface area (Å²) in [5.74, 6) is -0.445. The molecular formula is C26H29F7N2O3. The van der Waals surface area contributed by atoms with E-state index in [1.807, 2.05) is 0 Å². The summed E-state index contributed by atoms with van der Waals surface area (Å²) in [6, 6.07) is 6.56. The van der Waals surface area contributed by atoms with E-state index < -0.39 is 47.7 Å². The summed E-state index contributed by atoms with van der Waals surface area (Å²) in [6.07, 6.45) is -12.1. The predicted octanol–water partition coefficient (Wildman–Crippen LogP) is 5.67. The standard InChI is InChI=1S/C26H29F7N2O3/c1-17(19-14-20(25(28,29)30)16-21(15-19)26(31,32)33)38-24-23(18-2-4-22(27)5-3-18)35(10-13-37-24)7-6-34-8-11-36-12-9-34/h2-5,14-17,23-24H,6-13H2,1H3/t17-,23?,24?/m1/s1. The number of nitrogens with zero attached hydrogens (tertiary/aromatic N) is 2. The van der Waals surface area contributed by atoms with Crippen LogP contribution < -0.4 is 0 Å². The highest BCUT2D eigenvalue weighted by Gasteiger charge is 2.39. The van der Waals surface area contributed by atoms with Crippen molar-refractivity contribution < 1.29 is 44.9 Å². The highest BCUT2D eigenvalue weighted by atomic mass is 19.4. The topological polar surface area (TPSA) is 34.2 Å². The molecule has 2 aliphatic heterocycles. The molecule has 210 valence electrons. The minimum absolute atomic E-state index is 0.0853. The highest BCUT2D eigenvalue weighted by Crippen LogP contribution is 2.39. The molecule has 0 aromatic heterocycles. The van der Waals surface area contributed by atoms with Crippen LogP contribution in [-0.2, 0) is 26.6 Å². The Morgan fingerprint density at radius 1 is 0.868 bits per heavy atom. The molecule has 0 amide bonds. The molecule has 0 radical (unpaired) electrons. The van der Waals surface area contributed by atoms with Crippen molar-refractivity contribution in [2.75, 3.05) is 52.5 Å². The molecule has 0 saturated carbocycles. The molecule has 38 heavy (non-hydrogen) atoms. The summed E-state index contributed by atoms with van der Waals surface area (Å²) < 4.78 is 111. The monoisotopic (exact) mass is 550 g/mol. The summed E-state index contributed by atoms with van der Waals surface area (Å²) in [5, 5.41) is 0. The lowest BCUT2D eigenvalue weighted by molar-refractivity contribution is -0.230. The average molecular weight is 551 g/mol. The minimum atomic E-state index is -4.97. The molecule has 2 aromatic rings. The Bertz CT molecular complexity index is 1020. The van der Waals surface area contributed by atoms with Crippen LogP contribution in [-0.4, -0.2) is 68.6 Å². The number of morpholine rings is 2. The van der Waals surface area contributed by atoms with Crippen molar-refractivity contribution in [3.8, 4) is 0 Å². The van der Waals surface area contributed by atoms with Gasteiger partial charge in [-0.1, -0.05) is 12.1 Å². The Balaban J connectivity index is 1.59. The van der Waals surface area contributed by atoms with Crippen LogP contribution in [0.5, 0.6) is 0 Å². The van der Waals surface area contributed by atoms with E-state index >= 15 is 0 Å². The zero-order valence-electron chi connectivity index (χ0n) is 20.7. The van der Waals surface area contributed by atoms with Crippen molar-refractivity contribution >= 4 is 0 Å². The molecule has 2 unspecified atom stereocenters. The first kappa shape index (κ1) is 28.8. The molecular weight excluding hydrogens is 521 g/mol. The lowest BCUT2D eigenvalue weighted by Gasteiger charge is -2.43. The van der Waals surface area contributed by atoms with Crippen molar-refractivity contribution in [1.29, 1.82) is 0 Å². The Kier molecular flexibility index (Phi) is 8.98. The van der Waals surface area contributed by atoms with E-state index in [0.717, 1.165) is 13.1 Å². The van der Waals surface area contributed by atoms with Crippen LogP contribution in [0.3, 0.4) is 0 Å². The molecule has 2 saturated heterocycles. The lowest BCUT2D eigenvalue weighted by Crippen LogP contribution is -2.50. The van der Waals surface area contributed by atoms with Gasteiger partial charge in [-0.05, 0) is 48.4 Å². The van der Waals surface area contributed by atoms with Crippen molar-refractivity contribution in [2.45, 2.75) is 37.7 Å². The maximum Gasteiger partial charge on any atom is 0.416 e. The molecule has 0 N–H and O–H groups in total. The maximum absolute atomic E-state index is 13.7. The van der Waals surface area contributed by atoms with Gasteiger partial charge in [0, 0.05) is 32.7 Å². The highest BCUT2D eigenvalue weighted by molar-refractivity contribution is 5.34. The van der Waals surface area contributed by atoms with Gasteiger partial charge in [-0.2, -0.15) is 26.3 Å². The second-order valence-corrected chi connectivity index (χ2v) is 9.34. The quantitative estimate of drug-likeness (QED) is 0.415. The van der Waals surface area contributed by atoms with Gasteiger partial charge in [0.05, 0.1) is 43.1 Å². The van der Waals surface area contributed by atoms with Gasteiger partial charge in [-0.15, -0.1) is 0 Å². The van der Waals surface area contributed by atoms with Gasteiger partial charge in [-0.25, -0.2) is 4.39 Å². The summed E-state index contributed by atoms with van der Waals surface area (Å²) >= 11 is 0. The number of ether oxygens (including phenoxy) is 3. The van der Waals surface area contributed by atoms with Crippen LogP contribution >= 0.6 is 0 Å². The number of halogens is 7. The van der Waals surface area contributed by atoms with Gasteiger partial charge in [-0.3, -0.25) is 9.80 Å². The van der Waals surface area contributed by atoms with Gasteiger partial charge in [0.2, 0.25) is 0 Å². The number of hydrogen-bond donors (Lipinski definition) is 0. The average Bonchev–Trinajstić information content (AvgIpc) is 2.87. The van der Waals surface area contributed by atoms with Crippen molar-refractivity contribution in [2.24, 2.45) is 0 Å². The first-order valence-electron chi connectivity index (χ1n) is 12.3. The zero-order chi connectivity index (χ0) is 27.5. The molecule has 2 fully saturated rings. The van der Waals surface area contributed by atoms with Gasteiger partial charge in [0.15, 0.2) is 6.29 Å². The molecule has 5 nitrogen and oxygen atoms in total. The van der Waals surface area contributed by atoms with E-state index in [4.69, 9.17) is 14.2 Å². The van der Waals surface area contributed by atoms with E-state index in [-0.39, 0.29) is 18.2 Å². The summed E-state index contributed by atoms with van der Waals surface area (Å²) in [6.45, 7) is 6.27. The Hall–Kier alpha value is -2.25. The van der Waals surface area contributed by atoms with Gasteiger partial charge < -0.3 is 14.2 Å². The number of rotatable bonds is 7. The third-order valence-corrected chi connectivity index (χ3v) is 6.75. The Labute approximate surface area is 216 Å². The molecule has 0 aliphatic carbocycles. The van der Waals surface area contributed by atoms with Crippen molar-refractivity contribution in [3.63, 3.8) is 0 Å². The fraction of sp³-hybridized carbons (Fsp3) is 0.538. The molecule has 0 bridgehead atoms. The van der Waals surface area contributed by atoms with Crippen LogP contribution in [0.1, 0.15) is 41.3 Å². The minimum Gasteiger partial charge on any atom is -0.379 e. The third-order valence-electron chi connectivity index (χ3n) is 6.75. The fourth-order valence-electron chi connectivity index (χ4n) is 4.67.